The molecule has 1 unspecified atom stereocenters. The third-order valence-electron chi connectivity index (χ3n) is 4.89. The highest BCUT2D eigenvalue weighted by atomic mass is 19.1. The molecule has 1 atom stereocenters. The number of nitrogens with zero attached hydrogens (tertiary/aromatic N) is 2. The van der Waals surface area contributed by atoms with Crippen molar-refractivity contribution in [3.63, 3.8) is 0 Å². The number of amides is 1. The Morgan fingerprint density at radius 3 is 2.92 bits per heavy atom. The molecule has 25 heavy (non-hydrogen) atoms. The molecular formula is C19H24FN3O2. The summed E-state index contributed by atoms with van der Waals surface area (Å²) in [7, 11) is 0. The second-order valence-electron chi connectivity index (χ2n) is 6.40. The fraction of sp³-hybridized carbons (Fsp3) is 0.474. The van der Waals surface area contributed by atoms with Gasteiger partial charge in [0.15, 0.2) is 0 Å². The third-order valence-corrected chi connectivity index (χ3v) is 4.89. The number of hydrogen-bond donors (Lipinski definition) is 1. The minimum Gasteiger partial charge on any atom is -0.493 e. The molecule has 0 aliphatic carbocycles. The predicted molar refractivity (Wildman–Crippen MR) is 93.3 cm³/mol. The van der Waals surface area contributed by atoms with E-state index in [0.29, 0.717) is 35.9 Å². The lowest BCUT2D eigenvalue weighted by molar-refractivity contribution is 0.0923. The highest BCUT2D eigenvalue weighted by Crippen LogP contribution is 2.32. The maximum Gasteiger partial charge on any atom is 0.255 e. The molecule has 0 bridgehead atoms. The number of hydrogen-bond acceptors (Lipinski definition) is 3. The summed E-state index contributed by atoms with van der Waals surface area (Å²) in [5.41, 5.74) is 2.11. The van der Waals surface area contributed by atoms with E-state index in [1.807, 2.05) is 11.6 Å². The molecule has 1 aliphatic rings. The Morgan fingerprint density at radius 2 is 2.20 bits per heavy atom. The van der Waals surface area contributed by atoms with E-state index < -0.39 is 0 Å². The zero-order valence-corrected chi connectivity index (χ0v) is 14.9. The van der Waals surface area contributed by atoms with Crippen LogP contribution in [-0.2, 0) is 0 Å². The number of rotatable bonds is 5. The smallest absolute Gasteiger partial charge is 0.255 e. The molecule has 0 saturated carbocycles. The number of carbonyl (C=O) groups is 1. The first kappa shape index (κ1) is 17.5. The minimum atomic E-state index is -0.332. The van der Waals surface area contributed by atoms with Gasteiger partial charge in [0.25, 0.3) is 5.91 Å². The molecule has 3 rings (SSSR count). The van der Waals surface area contributed by atoms with Gasteiger partial charge in [-0.15, -0.1) is 0 Å². The molecule has 5 nitrogen and oxygen atoms in total. The first-order valence-electron chi connectivity index (χ1n) is 8.82. The summed E-state index contributed by atoms with van der Waals surface area (Å²) in [5.74, 6) is 0.112. The maximum absolute atomic E-state index is 13.6. The van der Waals surface area contributed by atoms with Gasteiger partial charge in [-0.1, -0.05) is 13.8 Å². The molecule has 0 radical (unpaired) electrons. The van der Waals surface area contributed by atoms with Crippen molar-refractivity contribution < 1.29 is 13.9 Å². The summed E-state index contributed by atoms with van der Waals surface area (Å²) < 4.78 is 21.1. The van der Waals surface area contributed by atoms with Crippen LogP contribution in [-0.4, -0.2) is 22.3 Å². The molecule has 1 aliphatic heterocycles. The SMILES string of the molecule is CCC(CC)n1ncc(C(=O)NC2CCOc3ccc(F)cc32)c1C. The van der Waals surface area contributed by atoms with Crippen molar-refractivity contribution in [2.45, 2.75) is 52.1 Å². The summed E-state index contributed by atoms with van der Waals surface area (Å²) >= 11 is 0. The van der Waals surface area contributed by atoms with Gasteiger partial charge in [-0.2, -0.15) is 5.10 Å². The van der Waals surface area contributed by atoms with E-state index >= 15 is 0 Å². The summed E-state index contributed by atoms with van der Waals surface area (Å²) in [6, 6.07) is 4.44. The molecule has 6 heteroatoms. The Balaban J connectivity index is 1.81. The number of benzene rings is 1. The Hall–Kier alpha value is -2.37. The van der Waals surface area contributed by atoms with Crippen molar-refractivity contribution in [3.8, 4) is 5.75 Å². The van der Waals surface area contributed by atoms with Crippen molar-refractivity contribution in [2.24, 2.45) is 0 Å². The Morgan fingerprint density at radius 1 is 1.44 bits per heavy atom. The van der Waals surface area contributed by atoms with Gasteiger partial charge in [0, 0.05) is 17.7 Å². The van der Waals surface area contributed by atoms with E-state index in [2.05, 4.69) is 24.3 Å². The standard InChI is InChI=1S/C19H24FN3O2/c1-4-14(5-2)23-12(3)16(11-21-23)19(24)22-17-8-9-25-18-7-6-13(20)10-15(17)18/h6-7,10-11,14,17H,4-5,8-9H2,1-3H3,(H,22,24). The largest absolute Gasteiger partial charge is 0.493 e. The lowest BCUT2D eigenvalue weighted by Gasteiger charge is -2.26. The average molecular weight is 345 g/mol. The summed E-state index contributed by atoms with van der Waals surface area (Å²) in [5, 5.41) is 7.41. The van der Waals surface area contributed by atoms with E-state index in [-0.39, 0.29) is 17.8 Å². The van der Waals surface area contributed by atoms with Crippen LogP contribution in [0.15, 0.2) is 24.4 Å². The summed E-state index contributed by atoms with van der Waals surface area (Å²) in [6.07, 6.45) is 4.16. The van der Waals surface area contributed by atoms with Crippen LogP contribution < -0.4 is 10.1 Å². The molecule has 2 aromatic rings. The fourth-order valence-electron chi connectivity index (χ4n) is 3.40. The second-order valence-corrected chi connectivity index (χ2v) is 6.40. The van der Waals surface area contributed by atoms with Crippen LogP contribution in [0.4, 0.5) is 4.39 Å². The van der Waals surface area contributed by atoms with Gasteiger partial charge in [0.2, 0.25) is 0 Å². The van der Waals surface area contributed by atoms with Crippen LogP contribution in [0, 0.1) is 12.7 Å². The molecule has 1 amide bonds. The monoisotopic (exact) mass is 345 g/mol. The molecule has 134 valence electrons. The van der Waals surface area contributed by atoms with E-state index in [1.54, 1.807) is 12.3 Å². The van der Waals surface area contributed by atoms with Gasteiger partial charge in [-0.05, 0) is 38.0 Å². The van der Waals surface area contributed by atoms with Crippen LogP contribution in [0.1, 0.15) is 66.8 Å². The lowest BCUT2D eigenvalue weighted by atomic mass is 10.00. The quantitative estimate of drug-likeness (QED) is 0.893. The summed E-state index contributed by atoms with van der Waals surface area (Å²) in [4.78, 5) is 12.7. The summed E-state index contributed by atoms with van der Waals surface area (Å²) in [6.45, 7) is 6.64. The van der Waals surface area contributed by atoms with Gasteiger partial charge < -0.3 is 10.1 Å². The minimum absolute atomic E-state index is 0.184. The first-order valence-corrected chi connectivity index (χ1v) is 8.82. The van der Waals surface area contributed by atoms with Crippen molar-refractivity contribution in [2.75, 3.05) is 6.61 Å². The molecular weight excluding hydrogens is 321 g/mol. The van der Waals surface area contributed by atoms with Crippen LogP contribution in [0.25, 0.3) is 0 Å². The van der Waals surface area contributed by atoms with Crippen LogP contribution >= 0.6 is 0 Å². The van der Waals surface area contributed by atoms with Crippen LogP contribution in [0.2, 0.25) is 0 Å². The van der Waals surface area contributed by atoms with E-state index in [1.165, 1.54) is 12.1 Å². The molecule has 2 heterocycles. The van der Waals surface area contributed by atoms with Gasteiger partial charge in [-0.3, -0.25) is 9.48 Å². The number of aromatic nitrogens is 2. The fourth-order valence-corrected chi connectivity index (χ4v) is 3.40. The van der Waals surface area contributed by atoms with Crippen molar-refractivity contribution in [1.82, 2.24) is 15.1 Å². The molecule has 1 aromatic heterocycles. The average Bonchev–Trinajstić information content (AvgIpc) is 2.98. The normalized spacial score (nSPS) is 16.4. The molecule has 0 saturated heterocycles. The van der Waals surface area contributed by atoms with Crippen molar-refractivity contribution in [3.05, 3.63) is 47.0 Å². The van der Waals surface area contributed by atoms with Crippen LogP contribution in [0.5, 0.6) is 5.75 Å². The van der Waals surface area contributed by atoms with E-state index in [0.717, 1.165) is 18.5 Å². The van der Waals surface area contributed by atoms with Gasteiger partial charge in [-0.25, -0.2) is 4.39 Å². The van der Waals surface area contributed by atoms with Gasteiger partial charge >= 0.3 is 0 Å². The first-order chi connectivity index (χ1) is 12.0. The zero-order chi connectivity index (χ0) is 18.0. The molecule has 0 fully saturated rings. The van der Waals surface area contributed by atoms with E-state index in [4.69, 9.17) is 4.74 Å². The van der Waals surface area contributed by atoms with Gasteiger partial charge in [0.05, 0.1) is 30.5 Å². The zero-order valence-electron chi connectivity index (χ0n) is 14.9. The van der Waals surface area contributed by atoms with E-state index in [9.17, 15) is 9.18 Å². The lowest BCUT2D eigenvalue weighted by Crippen LogP contribution is -2.32. The molecule has 0 spiro atoms. The highest BCUT2D eigenvalue weighted by Gasteiger charge is 2.26. The Bertz CT molecular complexity index is 768. The Kier molecular flexibility index (Phi) is 5.06. The van der Waals surface area contributed by atoms with Crippen LogP contribution in [0.3, 0.4) is 0 Å². The number of nitrogens with one attached hydrogen (secondary N) is 1. The maximum atomic E-state index is 13.6. The number of ether oxygens (including phenoxy) is 1. The third kappa shape index (κ3) is 3.38. The second kappa shape index (κ2) is 7.25. The molecule has 1 N–H and O–H groups in total. The number of halogens is 1. The van der Waals surface area contributed by atoms with Crippen molar-refractivity contribution >= 4 is 5.91 Å². The number of fused-ring (bicyclic) bond motifs is 1. The number of carbonyl (C=O) groups excluding carboxylic acids is 1. The Labute approximate surface area is 147 Å². The predicted octanol–water partition coefficient (Wildman–Crippen LogP) is 3.95. The van der Waals surface area contributed by atoms with Crippen molar-refractivity contribution in [1.29, 1.82) is 0 Å². The van der Waals surface area contributed by atoms with Gasteiger partial charge in [0.1, 0.15) is 11.6 Å². The highest BCUT2D eigenvalue weighted by molar-refractivity contribution is 5.95. The topological polar surface area (TPSA) is 56.2 Å². The molecule has 1 aromatic carbocycles.